The molecule has 0 aliphatic rings. The molecule has 3 rings (SSSR count). The van der Waals surface area contributed by atoms with Crippen molar-refractivity contribution in [1.29, 1.82) is 0 Å². The van der Waals surface area contributed by atoms with E-state index >= 15 is 0 Å². The molecule has 0 aliphatic carbocycles. The molecular formula is C18H16Cl2N4O3. The van der Waals surface area contributed by atoms with Gasteiger partial charge in [-0.25, -0.2) is 4.68 Å². The molecule has 0 N–H and O–H groups in total. The van der Waals surface area contributed by atoms with E-state index in [1.54, 1.807) is 25.5 Å². The van der Waals surface area contributed by atoms with Gasteiger partial charge >= 0.3 is 0 Å². The Morgan fingerprint density at radius 2 is 1.67 bits per heavy atom. The van der Waals surface area contributed by atoms with Crippen LogP contribution in [0.3, 0.4) is 0 Å². The van der Waals surface area contributed by atoms with Gasteiger partial charge in [0.15, 0.2) is 0 Å². The second-order valence-electron chi connectivity index (χ2n) is 5.26. The van der Waals surface area contributed by atoms with Gasteiger partial charge in [-0.05, 0) is 36.4 Å². The number of halogens is 2. The quantitative estimate of drug-likeness (QED) is 0.418. The van der Waals surface area contributed by atoms with Gasteiger partial charge in [-0.1, -0.05) is 23.2 Å². The molecule has 1 aromatic heterocycles. The third kappa shape index (κ3) is 5.35. The molecule has 0 bridgehead atoms. The van der Waals surface area contributed by atoms with Crippen LogP contribution in [0.1, 0.15) is 5.56 Å². The van der Waals surface area contributed by atoms with Crippen molar-refractivity contribution in [3.8, 4) is 17.2 Å². The molecule has 9 heteroatoms. The molecule has 0 fully saturated rings. The van der Waals surface area contributed by atoms with Crippen LogP contribution in [0.25, 0.3) is 0 Å². The summed E-state index contributed by atoms with van der Waals surface area (Å²) in [4.78, 5) is 0. The van der Waals surface area contributed by atoms with Gasteiger partial charge in [-0.2, -0.15) is 5.10 Å². The van der Waals surface area contributed by atoms with Gasteiger partial charge in [0.1, 0.15) is 43.1 Å². The number of rotatable bonds is 8. The first-order chi connectivity index (χ1) is 13.2. The first-order valence-electron chi connectivity index (χ1n) is 7.93. The summed E-state index contributed by atoms with van der Waals surface area (Å²) in [5.74, 6) is 1.95. The number of benzene rings is 2. The first-order valence-corrected chi connectivity index (χ1v) is 8.69. The zero-order chi connectivity index (χ0) is 19.1. The van der Waals surface area contributed by atoms with E-state index in [-0.39, 0.29) is 0 Å². The molecule has 0 saturated heterocycles. The van der Waals surface area contributed by atoms with Crippen molar-refractivity contribution >= 4 is 29.4 Å². The lowest BCUT2D eigenvalue weighted by Gasteiger charge is -2.12. The molecule has 0 radical (unpaired) electrons. The van der Waals surface area contributed by atoms with E-state index in [9.17, 15) is 0 Å². The molecule has 0 saturated carbocycles. The largest absolute Gasteiger partial charge is 0.497 e. The van der Waals surface area contributed by atoms with Gasteiger partial charge in [-0.3, -0.25) is 0 Å². The van der Waals surface area contributed by atoms with E-state index in [4.69, 9.17) is 37.4 Å². The highest BCUT2D eigenvalue weighted by atomic mass is 35.5. The summed E-state index contributed by atoms with van der Waals surface area (Å²) >= 11 is 12.3. The third-order valence-corrected chi connectivity index (χ3v) is 3.93. The lowest BCUT2D eigenvalue weighted by atomic mass is 10.2. The Morgan fingerprint density at radius 1 is 1.00 bits per heavy atom. The highest BCUT2D eigenvalue weighted by Crippen LogP contribution is 2.31. The zero-order valence-corrected chi connectivity index (χ0v) is 15.9. The predicted molar refractivity (Wildman–Crippen MR) is 103 cm³/mol. The molecule has 0 amide bonds. The second kappa shape index (κ2) is 9.25. The summed E-state index contributed by atoms with van der Waals surface area (Å²) in [5.41, 5.74) is 0.630. The van der Waals surface area contributed by atoms with E-state index in [0.717, 1.165) is 11.5 Å². The lowest BCUT2D eigenvalue weighted by Crippen LogP contribution is -2.10. The Kier molecular flexibility index (Phi) is 6.51. The van der Waals surface area contributed by atoms with Gasteiger partial charge in [0, 0.05) is 10.6 Å². The molecule has 2 aromatic carbocycles. The molecule has 7 nitrogen and oxygen atoms in total. The molecule has 0 aliphatic heterocycles. The van der Waals surface area contributed by atoms with Crippen LogP contribution in [-0.4, -0.2) is 41.4 Å². The normalized spacial score (nSPS) is 10.9. The zero-order valence-electron chi connectivity index (χ0n) is 14.4. The maximum absolute atomic E-state index is 6.27. The first kappa shape index (κ1) is 19.0. The summed E-state index contributed by atoms with van der Waals surface area (Å²) in [7, 11) is 1.61. The van der Waals surface area contributed by atoms with Crippen molar-refractivity contribution in [2.24, 2.45) is 5.10 Å². The van der Waals surface area contributed by atoms with Crippen molar-refractivity contribution in [1.82, 2.24) is 14.9 Å². The smallest absolute Gasteiger partial charge is 0.147 e. The number of aromatic nitrogens is 3. The minimum Gasteiger partial charge on any atom is -0.497 e. The fraction of sp³-hybridized carbons (Fsp3) is 0.167. The molecule has 3 aromatic rings. The molecule has 0 spiro atoms. The van der Waals surface area contributed by atoms with Gasteiger partial charge in [0.2, 0.25) is 0 Å². The van der Waals surface area contributed by atoms with Gasteiger partial charge < -0.3 is 14.2 Å². The van der Waals surface area contributed by atoms with Crippen molar-refractivity contribution in [3.05, 3.63) is 64.7 Å². The molecule has 1 heterocycles. The summed E-state index contributed by atoms with van der Waals surface area (Å²) < 4.78 is 18.0. The molecule has 0 unspecified atom stereocenters. The SMILES string of the molecule is COc1ccc(OCCOc2c(Cl)cc(Cl)cc2/C=N/n2cnnc2)cc1. The average Bonchev–Trinajstić information content (AvgIpc) is 3.19. The molecular weight excluding hydrogens is 391 g/mol. The Bertz CT molecular complexity index is 900. The van der Waals surface area contributed by atoms with Crippen molar-refractivity contribution in [3.63, 3.8) is 0 Å². The lowest BCUT2D eigenvalue weighted by molar-refractivity contribution is 0.217. The van der Waals surface area contributed by atoms with E-state index in [1.807, 2.05) is 24.3 Å². The molecule has 27 heavy (non-hydrogen) atoms. The van der Waals surface area contributed by atoms with E-state index < -0.39 is 0 Å². The minimum atomic E-state index is 0.293. The fourth-order valence-corrected chi connectivity index (χ4v) is 2.75. The van der Waals surface area contributed by atoms with E-state index in [1.165, 1.54) is 17.3 Å². The van der Waals surface area contributed by atoms with Gasteiger partial charge in [0.05, 0.1) is 18.3 Å². The van der Waals surface area contributed by atoms with Crippen LogP contribution in [0.2, 0.25) is 10.0 Å². The Hall–Kier alpha value is -2.77. The molecule has 0 atom stereocenters. The third-order valence-electron chi connectivity index (χ3n) is 3.43. The Balaban J connectivity index is 1.63. The van der Waals surface area contributed by atoms with Crippen molar-refractivity contribution < 1.29 is 14.2 Å². The van der Waals surface area contributed by atoms with Crippen LogP contribution in [0, 0.1) is 0 Å². The van der Waals surface area contributed by atoms with Gasteiger partial charge in [0.25, 0.3) is 0 Å². The summed E-state index contributed by atoms with van der Waals surface area (Å²) in [6.45, 7) is 0.633. The van der Waals surface area contributed by atoms with Crippen LogP contribution in [0.5, 0.6) is 17.2 Å². The Labute approximate surface area is 166 Å². The number of ether oxygens (including phenoxy) is 3. The maximum atomic E-state index is 6.27. The number of hydrogen-bond donors (Lipinski definition) is 0. The highest BCUT2D eigenvalue weighted by molar-refractivity contribution is 6.36. The van der Waals surface area contributed by atoms with Crippen LogP contribution >= 0.6 is 23.2 Å². The number of nitrogens with zero attached hydrogens (tertiary/aromatic N) is 4. The summed E-state index contributed by atoms with van der Waals surface area (Å²) in [6, 6.07) is 10.6. The summed E-state index contributed by atoms with van der Waals surface area (Å²) in [6.07, 6.45) is 4.50. The van der Waals surface area contributed by atoms with Crippen molar-refractivity contribution in [2.45, 2.75) is 0 Å². The summed E-state index contributed by atoms with van der Waals surface area (Å²) in [5, 5.41) is 12.4. The standard InChI is InChI=1S/C18H16Cl2N4O3/c1-25-15-2-4-16(5-3-15)26-6-7-27-18-13(8-14(19)9-17(18)20)10-23-24-11-21-22-12-24/h2-5,8-12H,6-7H2,1H3/b23-10+. The monoisotopic (exact) mass is 406 g/mol. The maximum Gasteiger partial charge on any atom is 0.147 e. The number of hydrogen-bond acceptors (Lipinski definition) is 6. The van der Waals surface area contributed by atoms with Crippen molar-refractivity contribution in [2.75, 3.05) is 20.3 Å². The van der Waals surface area contributed by atoms with Crippen LogP contribution in [0.4, 0.5) is 0 Å². The minimum absolute atomic E-state index is 0.293. The van der Waals surface area contributed by atoms with E-state index in [2.05, 4.69) is 15.3 Å². The second-order valence-corrected chi connectivity index (χ2v) is 6.11. The van der Waals surface area contributed by atoms with E-state index in [0.29, 0.717) is 34.6 Å². The molecule has 140 valence electrons. The predicted octanol–water partition coefficient (Wildman–Crippen LogP) is 3.93. The topological polar surface area (TPSA) is 70.8 Å². The van der Waals surface area contributed by atoms with Crippen LogP contribution in [0.15, 0.2) is 54.2 Å². The fourth-order valence-electron chi connectivity index (χ4n) is 2.19. The Morgan fingerprint density at radius 3 is 2.37 bits per heavy atom. The van der Waals surface area contributed by atoms with Gasteiger partial charge in [-0.15, -0.1) is 10.2 Å². The van der Waals surface area contributed by atoms with Crippen LogP contribution in [-0.2, 0) is 0 Å². The average molecular weight is 407 g/mol. The number of methoxy groups -OCH3 is 1. The highest BCUT2D eigenvalue weighted by Gasteiger charge is 2.10. The van der Waals surface area contributed by atoms with Crippen LogP contribution < -0.4 is 14.2 Å².